The summed E-state index contributed by atoms with van der Waals surface area (Å²) < 4.78 is 5.64. The Balaban J connectivity index is 2.30. The number of benzene rings is 2. The summed E-state index contributed by atoms with van der Waals surface area (Å²) in [6, 6.07) is 11.4. The number of carbonyl (C=O) groups is 2. The van der Waals surface area contributed by atoms with Crippen LogP contribution < -0.4 is 15.4 Å². The fourth-order valence-corrected chi connectivity index (χ4v) is 2.36. The average molecular weight is 328 g/mol. The van der Waals surface area contributed by atoms with Crippen LogP contribution in [-0.2, 0) is 4.79 Å². The van der Waals surface area contributed by atoms with Crippen molar-refractivity contribution in [1.82, 2.24) is 10.6 Å². The van der Waals surface area contributed by atoms with Gasteiger partial charge in [-0.2, -0.15) is 0 Å². The summed E-state index contributed by atoms with van der Waals surface area (Å²) in [7, 11) is 0. The van der Waals surface area contributed by atoms with Crippen LogP contribution in [0.4, 0.5) is 0 Å². The molecule has 0 aliphatic rings. The molecule has 2 N–H and O–H groups in total. The van der Waals surface area contributed by atoms with Crippen LogP contribution in [0.5, 0.6) is 5.75 Å². The zero-order chi connectivity index (χ0) is 17.7. The topological polar surface area (TPSA) is 67.4 Å². The molecular weight excluding hydrogens is 304 g/mol. The van der Waals surface area contributed by atoms with Gasteiger partial charge in [-0.05, 0) is 50.6 Å². The number of hydrogen-bond donors (Lipinski definition) is 2. The lowest BCUT2D eigenvalue weighted by Crippen LogP contribution is -2.34. The fraction of sp³-hybridized carbons (Fsp3) is 0.368. The van der Waals surface area contributed by atoms with E-state index in [1.54, 1.807) is 12.1 Å². The predicted octanol–water partition coefficient (Wildman–Crippen LogP) is 2.88. The highest BCUT2D eigenvalue weighted by atomic mass is 16.5. The SMILES string of the molecule is CC(C)NC(=O)COc1cc2ccccc2cc1C(=O)NC(C)C. The maximum atomic E-state index is 12.5. The molecule has 0 spiro atoms. The molecule has 0 aliphatic heterocycles. The molecule has 0 saturated carbocycles. The number of rotatable bonds is 6. The Morgan fingerprint density at radius 1 is 0.958 bits per heavy atom. The molecule has 0 bridgehead atoms. The van der Waals surface area contributed by atoms with Crippen molar-refractivity contribution >= 4 is 22.6 Å². The monoisotopic (exact) mass is 328 g/mol. The van der Waals surface area contributed by atoms with Gasteiger partial charge in [0.15, 0.2) is 6.61 Å². The van der Waals surface area contributed by atoms with Crippen LogP contribution in [-0.4, -0.2) is 30.5 Å². The molecule has 0 aliphatic carbocycles. The number of nitrogens with one attached hydrogen (secondary N) is 2. The summed E-state index contributed by atoms with van der Waals surface area (Å²) in [5, 5.41) is 7.54. The zero-order valence-corrected chi connectivity index (χ0v) is 14.6. The maximum Gasteiger partial charge on any atom is 0.258 e. The Labute approximate surface area is 142 Å². The summed E-state index contributed by atoms with van der Waals surface area (Å²) in [6.45, 7) is 7.44. The first kappa shape index (κ1) is 17.8. The van der Waals surface area contributed by atoms with Gasteiger partial charge in [-0.3, -0.25) is 9.59 Å². The van der Waals surface area contributed by atoms with E-state index in [0.717, 1.165) is 10.8 Å². The lowest BCUT2D eigenvalue weighted by atomic mass is 10.0. The lowest BCUT2D eigenvalue weighted by molar-refractivity contribution is -0.123. The highest BCUT2D eigenvalue weighted by Crippen LogP contribution is 2.26. The number of carbonyl (C=O) groups excluding carboxylic acids is 2. The third kappa shape index (κ3) is 4.72. The quantitative estimate of drug-likeness (QED) is 0.857. The molecule has 0 heterocycles. The molecule has 0 saturated heterocycles. The summed E-state index contributed by atoms with van der Waals surface area (Å²) in [6.07, 6.45) is 0. The van der Waals surface area contributed by atoms with E-state index in [2.05, 4.69) is 10.6 Å². The Morgan fingerprint density at radius 2 is 1.54 bits per heavy atom. The molecule has 24 heavy (non-hydrogen) atoms. The molecule has 5 heteroatoms. The van der Waals surface area contributed by atoms with E-state index in [0.29, 0.717) is 11.3 Å². The highest BCUT2D eigenvalue weighted by Gasteiger charge is 2.16. The Bertz CT molecular complexity index is 738. The average Bonchev–Trinajstić information content (AvgIpc) is 2.50. The molecular formula is C19H24N2O3. The molecule has 0 atom stereocenters. The smallest absolute Gasteiger partial charge is 0.258 e. The summed E-state index contributed by atoms with van der Waals surface area (Å²) >= 11 is 0. The fourth-order valence-electron chi connectivity index (χ4n) is 2.36. The van der Waals surface area contributed by atoms with Gasteiger partial charge >= 0.3 is 0 Å². The van der Waals surface area contributed by atoms with Gasteiger partial charge in [0.05, 0.1) is 5.56 Å². The van der Waals surface area contributed by atoms with Gasteiger partial charge in [-0.1, -0.05) is 24.3 Å². The van der Waals surface area contributed by atoms with E-state index in [1.807, 2.05) is 52.0 Å². The molecule has 2 aromatic carbocycles. The first-order valence-electron chi connectivity index (χ1n) is 8.12. The second kappa shape index (κ2) is 7.81. The van der Waals surface area contributed by atoms with Crippen molar-refractivity contribution in [1.29, 1.82) is 0 Å². The van der Waals surface area contributed by atoms with Crippen LogP contribution >= 0.6 is 0 Å². The molecule has 0 radical (unpaired) electrons. The predicted molar refractivity (Wildman–Crippen MR) is 95.3 cm³/mol. The lowest BCUT2D eigenvalue weighted by Gasteiger charge is -2.15. The minimum Gasteiger partial charge on any atom is -0.483 e. The number of hydrogen-bond acceptors (Lipinski definition) is 3. The number of ether oxygens (including phenoxy) is 1. The van der Waals surface area contributed by atoms with E-state index in [4.69, 9.17) is 4.74 Å². The normalized spacial score (nSPS) is 10.9. The second-order valence-corrected chi connectivity index (χ2v) is 6.33. The van der Waals surface area contributed by atoms with Crippen molar-refractivity contribution in [2.75, 3.05) is 6.61 Å². The molecule has 2 amide bonds. The Morgan fingerprint density at radius 3 is 2.12 bits per heavy atom. The van der Waals surface area contributed by atoms with Gasteiger partial charge in [0.25, 0.3) is 11.8 Å². The van der Waals surface area contributed by atoms with Crippen molar-refractivity contribution in [3.8, 4) is 5.75 Å². The van der Waals surface area contributed by atoms with Crippen LogP contribution in [0.2, 0.25) is 0 Å². The molecule has 5 nitrogen and oxygen atoms in total. The van der Waals surface area contributed by atoms with Crippen molar-refractivity contribution in [3.05, 3.63) is 42.0 Å². The third-order valence-electron chi connectivity index (χ3n) is 3.32. The summed E-state index contributed by atoms with van der Waals surface area (Å²) in [4.78, 5) is 24.3. The van der Waals surface area contributed by atoms with Gasteiger partial charge in [-0.15, -0.1) is 0 Å². The van der Waals surface area contributed by atoms with Crippen molar-refractivity contribution in [3.63, 3.8) is 0 Å². The van der Waals surface area contributed by atoms with E-state index in [-0.39, 0.29) is 30.5 Å². The highest BCUT2D eigenvalue weighted by molar-refractivity contribution is 6.01. The minimum absolute atomic E-state index is 0.0149. The first-order valence-corrected chi connectivity index (χ1v) is 8.12. The zero-order valence-electron chi connectivity index (χ0n) is 14.6. The van der Waals surface area contributed by atoms with Crippen LogP contribution in [0, 0.1) is 0 Å². The van der Waals surface area contributed by atoms with Gasteiger partial charge in [0.2, 0.25) is 0 Å². The minimum atomic E-state index is -0.214. The Kier molecular flexibility index (Phi) is 5.79. The first-order chi connectivity index (χ1) is 11.4. The molecule has 0 fully saturated rings. The molecule has 128 valence electrons. The van der Waals surface area contributed by atoms with E-state index in [9.17, 15) is 9.59 Å². The molecule has 0 aromatic heterocycles. The standard InChI is InChI=1S/C19H24N2O3/c1-12(2)20-18(22)11-24-17-10-15-8-6-5-7-14(15)9-16(17)19(23)21-13(3)4/h5-10,12-13H,11H2,1-4H3,(H,20,22)(H,21,23). The number of amides is 2. The molecule has 2 aromatic rings. The van der Waals surface area contributed by atoms with Crippen LogP contribution in [0.25, 0.3) is 10.8 Å². The summed E-state index contributed by atoms with van der Waals surface area (Å²) in [5.41, 5.74) is 0.430. The van der Waals surface area contributed by atoms with Crippen molar-refractivity contribution in [2.45, 2.75) is 39.8 Å². The van der Waals surface area contributed by atoms with E-state index >= 15 is 0 Å². The van der Waals surface area contributed by atoms with E-state index in [1.165, 1.54) is 0 Å². The maximum absolute atomic E-state index is 12.5. The third-order valence-corrected chi connectivity index (χ3v) is 3.32. The van der Waals surface area contributed by atoms with Crippen LogP contribution in [0.3, 0.4) is 0 Å². The van der Waals surface area contributed by atoms with Crippen LogP contribution in [0.1, 0.15) is 38.1 Å². The van der Waals surface area contributed by atoms with Gasteiger partial charge in [0, 0.05) is 12.1 Å². The van der Waals surface area contributed by atoms with Gasteiger partial charge in [0.1, 0.15) is 5.75 Å². The second-order valence-electron chi connectivity index (χ2n) is 6.33. The largest absolute Gasteiger partial charge is 0.483 e. The molecule has 0 unspecified atom stereocenters. The Hall–Kier alpha value is -2.56. The summed E-state index contributed by atoms with van der Waals surface area (Å²) in [5.74, 6) is -0.0193. The van der Waals surface area contributed by atoms with Crippen molar-refractivity contribution < 1.29 is 14.3 Å². The molecule has 2 rings (SSSR count). The van der Waals surface area contributed by atoms with E-state index < -0.39 is 0 Å². The van der Waals surface area contributed by atoms with Crippen molar-refractivity contribution in [2.24, 2.45) is 0 Å². The number of fused-ring (bicyclic) bond motifs is 1. The van der Waals surface area contributed by atoms with Crippen LogP contribution in [0.15, 0.2) is 36.4 Å². The van der Waals surface area contributed by atoms with Gasteiger partial charge < -0.3 is 15.4 Å². The van der Waals surface area contributed by atoms with Gasteiger partial charge in [-0.25, -0.2) is 0 Å².